The molecule has 1 fully saturated rings. The smallest absolute Gasteiger partial charge is 0.257 e. The number of benzene rings is 1. The van der Waals surface area contributed by atoms with E-state index in [1.807, 2.05) is 43.3 Å². The van der Waals surface area contributed by atoms with Crippen LogP contribution >= 0.6 is 11.6 Å². The number of pyridine rings is 2. The normalized spacial score (nSPS) is 18.6. The SMILES string of the molecule is Cc1nc(N2CC(C)NC(C)C2)ccc1C(=O)Nc1ccc(Cl)c(-c2ccccn2)c1. The Labute approximate surface area is 187 Å². The Morgan fingerprint density at radius 2 is 1.90 bits per heavy atom. The second-order valence-electron chi connectivity index (χ2n) is 8.04. The number of halogens is 1. The number of carbonyl (C=O) groups excluding carboxylic acids is 1. The molecule has 3 heterocycles. The number of aryl methyl sites for hydroxylation is 1. The predicted molar refractivity (Wildman–Crippen MR) is 126 cm³/mol. The van der Waals surface area contributed by atoms with Crippen LogP contribution < -0.4 is 15.5 Å². The summed E-state index contributed by atoms with van der Waals surface area (Å²) in [6.07, 6.45) is 1.72. The molecule has 1 aromatic carbocycles. The van der Waals surface area contributed by atoms with Crippen LogP contribution in [0.5, 0.6) is 0 Å². The summed E-state index contributed by atoms with van der Waals surface area (Å²) in [5.74, 6) is 0.700. The first-order valence-corrected chi connectivity index (χ1v) is 10.8. The number of anilines is 2. The van der Waals surface area contributed by atoms with Crippen molar-refractivity contribution in [3.63, 3.8) is 0 Å². The van der Waals surface area contributed by atoms with Crippen molar-refractivity contribution >= 4 is 29.0 Å². The molecule has 2 atom stereocenters. The third-order valence-electron chi connectivity index (χ3n) is 5.36. The van der Waals surface area contributed by atoms with E-state index in [0.717, 1.165) is 30.2 Å². The van der Waals surface area contributed by atoms with E-state index >= 15 is 0 Å². The first kappa shape index (κ1) is 21.3. The summed E-state index contributed by atoms with van der Waals surface area (Å²) in [5, 5.41) is 7.07. The molecule has 7 heteroatoms. The molecule has 1 amide bonds. The van der Waals surface area contributed by atoms with Gasteiger partial charge in [-0.2, -0.15) is 0 Å². The van der Waals surface area contributed by atoms with Gasteiger partial charge in [-0.15, -0.1) is 0 Å². The molecule has 0 radical (unpaired) electrons. The Morgan fingerprint density at radius 3 is 2.58 bits per heavy atom. The summed E-state index contributed by atoms with van der Waals surface area (Å²) >= 11 is 6.35. The highest BCUT2D eigenvalue weighted by molar-refractivity contribution is 6.33. The summed E-state index contributed by atoms with van der Waals surface area (Å²) in [4.78, 5) is 24.3. The van der Waals surface area contributed by atoms with E-state index in [0.29, 0.717) is 34.1 Å². The average Bonchev–Trinajstić information content (AvgIpc) is 2.75. The third-order valence-corrected chi connectivity index (χ3v) is 5.69. The highest BCUT2D eigenvalue weighted by Crippen LogP contribution is 2.29. The van der Waals surface area contributed by atoms with E-state index in [1.165, 1.54) is 0 Å². The molecule has 31 heavy (non-hydrogen) atoms. The standard InChI is InChI=1S/C24H26ClN5O/c1-15-13-30(14-16(2)27-15)23-10-8-19(17(3)28-23)24(31)29-18-7-9-21(25)20(12-18)22-6-4-5-11-26-22/h4-12,15-16,27H,13-14H2,1-3H3,(H,29,31). The van der Waals surface area contributed by atoms with E-state index in [9.17, 15) is 4.79 Å². The van der Waals surface area contributed by atoms with Crippen LogP contribution in [-0.4, -0.2) is 41.0 Å². The van der Waals surface area contributed by atoms with E-state index in [1.54, 1.807) is 18.3 Å². The van der Waals surface area contributed by atoms with Crippen molar-refractivity contribution in [3.05, 3.63) is 71.0 Å². The van der Waals surface area contributed by atoms with Crippen molar-refractivity contribution in [2.45, 2.75) is 32.9 Å². The van der Waals surface area contributed by atoms with Gasteiger partial charge in [-0.1, -0.05) is 17.7 Å². The Morgan fingerprint density at radius 1 is 1.13 bits per heavy atom. The van der Waals surface area contributed by atoms with Gasteiger partial charge in [-0.3, -0.25) is 9.78 Å². The van der Waals surface area contributed by atoms with Gasteiger partial charge in [0.25, 0.3) is 5.91 Å². The molecule has 2 N–H and O–H groups in total. The Hall–Kier alpha value is -2.96. The fraction of sp³-hybridized carbons (Fsp3) is 0.292. The summed E-state index contributed by atoms with van der Waals surface area (Å²) in [6.45, 7) is 7.99. The molecule has 160 valence electrons. The second kappa shape index (κ2) is 9.04. The van der Waals surface area contributed by atoms with E-state index in [4.69, 9.17) is 16.6 Å². The summed E-state index contributed by atoms with van der Waals surface area (Å²) in [7, 11) is 0. The van der Waals surface area contributed by atoms with Crippen LogP contribution in [0, 0.1) is 6.92 Å². The van der Waals surface area contributed by atoms with Gasteiger partial charge in [-0.05, 0) is 63.2 Å². The predicted octanol–water partition coefficient (Wildman–Crippen LogP) is 4.54. The van der Waals surface area contributed by atoms with Crippen molar-refractivity contribution in [3.8, 4) is 11.3 Å². The van der Waals surface area contributed by atoms with Crippen LogP contribution in [0.2, 0.25) is 5.02 Å². The fourth-order valence-corrected chi connectivity index (χ4v) is 4.21. The Bertz CT molecular complexity index is 1080. The number of piperazine rings is 1. The molecule has 0 spiro atoms. The van der Waals surface area contributed by atoms with Crippen LogP contribution in [0.15, 0.2) is 54.7 Å². The van der Waals surface area contributed by atoms with Crippen molar-refractivity contribution < 1.29 is 4.79 Å². The molecule has 0 bridgehead atoms. The number of amides is 1. The number of nitrogens with zero attached hydrogens (tertiary/aromatic N) is 3. The summed E-state index contributed by atoms with van der Waals surface area (Å²) in [6, 6.07) is 15.6. The molecular weight excluding hydrogens is 410 g/mol. The topological polar surface area (TPSA) is 70.2 Å². The number of aromatic nitrogens is 2. The quantitative estimate of drug-likeness (QED) is 0.629. The molecule has 2 unspecified atom stereocenters. The van der Waals surface area contributed by atoms with Crippen LogP contribution in [0.1, 0.15) is 29.9 Å². The summed E-state index contributed by atoms with van der Waals surface area (Å²) < 4.78 is 0. The molecule has 0 aliphatic carbocycles. The first-order chi connectivity index (χ1) is 14.9. The van der Waals surface area contributed by atoms with E-state index < -0.39 is 0 Å². The zero-order valence-corrected chi connectivity index (χ0v) is 18.6. The first-order valence-electron chi connectivity index (χ1n) is 10.4. The highest BCUT2D eigenvalue weighted by Gasteiger charge is 2.23. The second-order valence-corrected chi connectivity index (χ2v) is 8.45. The Kier molecular flexibility index (Phi) is 6.20. The average molecular weight is 436 g/mol. The largest absolute Gasteiger partial charge is 0.354 e. The van der Waals surface area contributed by atoms with Crippen LogP contribution in [0.3, 0.4) is 0 Å². The van der Waals surface area contributed by atoms with Crippen LogP contribution in [-0.2, 0) is 0 Å². The third kappa shape index (κ3) is 4.86. The number of hydrogen-bond acceptors (Lipinski definition) is 5. The monoisotopic (exact) mass is 435 g/mol. The zero-order chi connectivity index (χ0) is 22.0. The van der Waals surface area contributed by atoms with Crippen molar-refractivity contribution in [1.29, 1.82) is 0 Å². The summed E-state index contributed by atoms with van der Waals surface area (Å²) in [5.41, 5.74) is 3.43. The minimum Gasteiger partial charge on any atom is -0.354 e. The molecule has 3 aromatic rings. The number of hydrogen-bond donors (Lipinski definition) is 2. The van der Waals surface area contributed by atoms with Crippen LogP contribution in [0.4, 0.5) is 11.5 Å². The molecule has 4 rings (SSSR count). The lowest BCUT2D eigenvalue weighted by atomic mass is 10.1. The van der Waals surface area contributed by atoms with Gasteiger partial charge in [-0.25, -0.2) is 4.98 Å². The van der Waals surface area contributed by atoms with E-state index in [2.05, 4.69) is 34.4 Å². The maximum Gasteiger partial charge on any atom is 0.257 e. The van der Waals surface area contributed by atoms with Crippen LogP contribution in [0.25, 0.3) is 11.3 Å². The molecule has 1 aliphatic heterocycles. The van der Waals surface area contributed by atoms with Gasteiger partial charge in [0.2, 0.25) is 0 Å². The molecule has 1 saturated heterocycles. The van der Waals surface area contributed by atoms with Gasteiger partial charge >= 0.3 is 0 Å². The molecule has 6 nitrogen and oxygen atoms in total. The molecule has 2 aromatic heterocycles. The van der Waals surface area contributed by atoms with Gasteiger partial charge < -0.3 is 15.5 Å². The molecule has 1 aliphatic rings. The zero-order valence-electron chi connectivity index (χ0n) is 17.9. The lowest BCUT2D eigenvalue weighted by molar-refractivity contribution is 0.102. The number of rotatable bonds is 4. The maximum absolute atomic E-state index is 12.9. The van der Waals surface area contributed by atoms with Gasteiger partial charge in [0.1, 0.15) is 5.82 Å². The van der Waals surface area contributed by atoms with Crippen molar-refractivity contribution in [1.82, 2.24) is 15.3 Å². The molecular formula is C24H26ClN5O. The lowest BCUT2D eigenvalue weighted by Crippen LogP contribution is -2.54. The molecule has 0 saturated carbocycles. The minimum atomic E-state index is -0.201. The Balaban J connectivity index is 1.53. The fourth-order valence-electron chi connectivity index (χ4n) is 4.00. The maximum atomic E-state index is 12.9. The number of nitrogens with one attached hydrogen (secondary N) is 2. The van der Waals surface area contributed by atoms with Crippen molar-refractivity contribution in [2.24, 2.45) is 0 Å². The van der Waals surface area contributed by atoms with Gasteiger partial charge in [0, 0.05) is 42.6 Å². The highest BCUT2D eigenvalue weighted by atomic mass is 35.5. The minimum absolute atomic E-state index is 0.201. The lowest BCUT2D eigenvalue weighted by Gasteiger charge is -2.37. The number of carbonyl (C=O) groups is 1. The van der Waals surface area contributed by atoms with Gasteiger partial charge in [0.15, 0.2) is 0 Å². The van der Waals surface area contributed by atoms with Crippen molar-refractivity contribution in [2.75, 3.05) is 23.3 Å². The van der Waals surface area contributed by atoms with Gasteiger partial charge in [0.05, 0.1) is 22.0 Å². The van der Waals surface area contributed by atoms with E-state index in [-0.39, 0.29) is 5.91 Å².